The van der Waals surface area contributed by atoms with Crippen molar-refractivity contribution in [1.29, 1.82) is 0 Å². The summed E-state index contributed by atoms with van der Waals surface area (Å²) in [5.41, 5.74) is 2.39. The zero-order chi connectivity index (χ0) is 21.7. The summed E-state index contributed by atoms with van der Waals surface area (Å²) < 4.78 is 28.6. The molecule has 0 bridgehead atoms. The van der Waals surface area contributed by atoms with Gasteiger partial charge in [0.1, 0.15) is 0 Å². The lowest BCUT2D eigenvalue weighted by Crippen LogP contribution is -2.30. The Morgan fingerprint density at radius 2 is 1.53 bits per heavy atom. The largest absolute Gasteiger partial charge is 0.346 e. The van der Waals surface area contributed by atoms with Crippen molar-refractivity contribution in [2.45, 2.75) is 31.7 Å². The highest BCUT2D eigenvalue weighted by atomic mass is 32.2. The van der Waals surface area contributed by atoms with Gasteiger partial charge >= 0.3 is 0 Å². The molecule has 0 spiro atoms. The highest BCUT2D eigenvalue weighted by Gasteiger charge is 2.21. The van der Waals surface area contributed by atoms with Crippen LogP contribution in [-0.2, 0) is 10.0 Å². The zero-order valence-corrected chi connectivity index (χ0v) is 18.3. The van der Waals surface area contributed by atoms with E-state index in [0.29, 0.717) is 18.7 Å². The summed E-state index contributed by atoms with van der Waals surface area (Å²) in [6.07, 6.45) is 3.89. The van der Waals surface area contributed by atoms with E-state index in [2.05, 4.69) is 5.32 Å². The van der Waals surface area contributed by atoms with Crippen LogP contribution in [0.25, 0.3) is 5.69 Å². The maximum absolute atomic E-state index is 12.6. The van der Waals surface area contributed by atoms with Gasteiger partial charge in [-0.3, -0.25) is 4.79 Å². The zero-order valence-electron chi connectivity index (χ0n) is 17.4. The first-order valence-corrected chi connectivity index (χ1v) is 11.4. The van der Waals surface area contributed by atoms with Gasteiger partial charge in [0.15, 0.2) is 0 Å². The van der Waals surface area contributed by atoms with E-state index in [1.165, 1.54) is 4.31 Å². The summed E-state index contributed by atoms with van der Waals surface area (Å²) in [5, 5.41) is 2.96. The molecule has 0 aliphatic carbocycles. The van der Waals surface area contributed by atoms with E-state index in [-0.39, 0.29) is 16.8 Å². The van der Waals surface area contributed by atoms with Crippen LogP contribution >= 0.6 is 0 Å². The van der Waals surface area contributed by atoms with Crippen LogP contribution in [0.1, 0.15) is 42.7 Å². The molecule has 7 heteroatoms. The van der Waals surface area contributed by atoms with Crippen LogP contribution < -0.4 is 5.32 Å². The fourth-order valence-corrected chi connectivity index (χ4v) is 4.75. The molecular formula is C23H27N3O3S. The van der Waals surface area contributed by atoms with Crippen LogP contribution in [0.3, 0.4) is 0 Å². The van der Waals surface area contributed by atoms with Crippen molar-refractivity contribution in [3.05, 3.63) is 84.2 Å². The second-order valence-corrected chi connectivity index (χ2v) is 8.93. The number of hydrogen-bond acceptors (Lipinski definition) is 3. The van der Waals surface area contributed by atoms with E-state index in [1.54, 1.807) is 36.4 Å². The molecule has 2 aromatic carbocycles. The summed E-state index contributed by atoms with van der Waals surface area (Å²) in [4.78, 5) is 12.9. The third kappa shape index (κ3) is 4.63. The standard InChI is InChI=1S/C23H27N3O3S/c1-4-26(5-2)30(28,29)22-14-10-19(11-15-22)18(3)24-23(27)20-8-12-21(13-9-20)25-16-6-7-17-25/h6-18H,4-5H2,1-3H3,(H,24,27). The van der Waals surface area contributed by atoms with Gasteiger partial charge in [-0.15, -0.1) is 0 Å². The SMILES string of the molecule is CCN(CC)S(=O)(=O)c1ccc(C(C)NC(=O)c2ccc(-n3cccc3)cc2)cc1. The summed E-state index contributed by atoms with van der Waals surface area (Å²) in [6, 6.07) is 17.7. The smallest absolute Gasteiger partial charge is 0.251 e. The van der Waals surface area contributed by atoms with Crippen molar-refractivity contribution in [2.24, 2.45) is 0 Å². The molecule has 3 aromatic rings. The minimum Gasteiger partial charge on any atom is -0.346 e. The molecule has 1 atom stereocenters. The Hall–Kier alpha value is -2.90. The minimum atomic E-state index is -3.49. The molecule has 0 fully saturated rings. The van der Waals surface area contributed by atoms with Crippen LogP contribution in [0.5, 0.6) is 0 Å². The molecule has 158 valence electrons. The molecule has 1 aromatic heterocycles. The molecule has 0 aliphatic heterocycles. The van der Waals surface area contributed by atoms with Gasteiger partial charge in [0, 0.05) is 36.7 Å². The number of carbonyl (C=O) groups excluding carboxylic acids is 1. The van der Waals surface area contributed by atoms with Crippen molar-refractivity contribution in [2.75, 3.05) is 13.1 Å². The number of nitrogens with one attached hydrogen (secondary N) is 1. The van der Waals surface area contributed by atoms with Gasteiger partial charge in [-0.05, 0) is 61.0 Å². The van der Waals surface area contributed by atoms with Gasteiger partial charge in [0.2, 0.25) is 10.0 Å². The minimum absolute atomic E-state index is 0.179. The van der Waals surface area contributed by atoms with E-state index < -0.39 is 10.0 Å². The molecule has 0 saturated carbocycles. The topological polar surface area (TPSA) is 71.4 Å². The number of carbonyl (C=O) groups is 1. The third-order valence-electron chi connectivity index (χ3n) is 5.10. The van der Waals surface area contributed by atoms with Crippen LogP contribution in [-0.4, -0.2) is 36.3 Å². The van der Waals surface area contributed by atoms with Gasteiger partial charge in [-0.25, -0.2) is 8.42 Å². The Morgan fingerprint density at radius 1 is 0.967 bits per heavy atom. The fourth-order valence-electron chi connectivity index (χ4n) is 3.30. The number of amides is 1. The number of rotatable bonds is 8. The van der Waals surface area contributed by atoms with Gasteiger partial charge in [-0.2, -0.15) is 4.31 Å². The van der Waals surface area contributed by atoms with E-state index in [9.17, 15) is 13.2 Å². The van der Waals surface area contributed by atoms with Crippen LogP contribution in [0, 0.1) is 0 Å². The van der Waals surface area contributed by atoms with Gasteiger partial charge in [0.25, 0.3) is 5.91 Å². The predicted molar refractivity (Wildman–Crippen MR) is 118 cm³/mol. The Labute approximate surface area is 178 Å². The molecule has 6 nitrogen and oxygen atoms in total. The number of hydrogen-bond donors (Lipinski definition) is 1. The monoisotopic (exact) mass is 425 g/mol. The average Bonchev–Trinajstić information content (AvgIpc) is 3.29. The van der Waals surface area contributed by atoms with Crippen LogP contribution in [0.2, 0.25) is 0 Å². The van der Waals surface area contributed by atoms with Crippen LogP contribution in [0.4, 0.5) is 0 Å². The molecule has 0 saturated heterocycles. The van der Waals surface area contributed by atoms with Crippen molar-refractivity contribution >= 4 is 15.9 Å². The lowest BCUT2D eigenvalue weighted by Gasteiger charge is -2.19. The molecule has 30 heavy (non-hydrogen) atoms. The molecule has 1 amide bonds. The molecule has 0 radical (unpaired) electrons. The Kier molecular flexibility index (Phi) is 6.74. The normalized spacial score (nSPS) is 12.7. The van der Waals surface area contributed by atoms with Gasteiger partial charge < -0.3 is 9.88 Å². The first kappa shape index (κ1) is 21.8. The Bertz CT molecular complexity index is 1070. The summed E-state index contributed by atoms with van der Waals surface area (Å²) >= 11 is 0. The first-order chi connectivity index (χ1) is 14.4. The van der Waals surface area contributed by atoms with E-state index in [1.807, 2.05) is 62.0 Å². The third-order valence-corrected chi connectivity index (χ3v) is 7.17. The van der Waals surface area contributed by atoms with Gasteiger partial charge in [-0.1, -0.05) is 26.0 Å². The van der Waals surface area contributed by atoms with Crippen molar-refractivity contribution < 1.29 is 13.2 Å². The molecular weight excluding hydrogens is 398 g/mol. The molecule has 3 rings (SSSR count). The maximum atomic E-state index is 12.6. The molecule has 1 heterocycles. The second kappa shape index (κ2) is 9.28. The predicted octanol–water partition coefficient (Wildman–Crippen LogP) is 4.00. The maximum Gasteiger partial charge on any atom is 0.251 e. The quantitative estimate of drug-likeness (QED) is 0.593. The highest BCUT2D eigenvalue weighted by Crippen LogP contribution is 2.20. The fraction of sp³-hybridized carbons (Fsp3) is 0.261. The van der Waals surface area contributed by atoms with Crippen molar-refractivity contribution in [3.8, 4) is 5.69 Å². The van der Waals surface area contributed by atoms with Crippen molar-refractivity contribution in [3.63, 3.8) is 0 Å². The summed E-state index contributed by atoms with van der Waals surface area (Å²) in [6.45, 7) is 6.36. The number of aromatic nitrogens is 1. The number of benzene rings is 2. The average molecular weight is 426 g/mol. The first-order valence-electron chi connectivity index (χ1n) is 10.0. The van der Waals surface area contributed by atoms with Crippen LogP contribution in [0.15, 0.2) is 78.0 Å². The van der Waals surface area contributed by atoms with Gasteiger partial charge in [0.05, 0.1) is 10.9 Å². The molecule has 1 N–H and O–H groups in total. The number of sulfonamides is 1. The summed E-state index contributed by atoms with van der Waals surface area (Å²) in [7, 11) is -3.49. The lowest BCUT2D eigenvalue weighted by atomic mass is 10.1. The Balaban J connectivity index is 1.68. The Morgan fingerprint density at radius 3 is 2.07 bits per heavy atom. The highest BCUT2D eigenvalue weighted by molar-refractivity contribution is 7.89. The van der Waals surface area contributed by atoms with E-state index in [4.69, 9.17) is 0 Å². The molecule has 0 aliphatic rings. The molecule has 1 unspecified atom stereocenters. The van der Waals surface area contributed by atoms with E-state index in [0.717, 1.165) is 11.3 Å². The summed E-state index contributed by atoms with van der Waals surface area (Å²) in [5.74, 6) is -0.179. The van der Waals surface area contributed by atoms with Crippen molar-refractivity contribution in [1.82, 2.24) is 14.2 Å². The van der Waals surface area contributed by atoms with E-state index >= 15 is 0 Å². The number of nitrogens with zero attached hydrogens (tertiary/aromatic N) is 2. The second-order valence-electron chi connectivity index (χ2n) is 6.99. The lowest BCUT2D eigenvalue weighted by molar-refractivity contribution is 0.0940.